The van der Waals surface area contributed by atoms with Crippen LogP contribution in [0.15, 0.2) is 54.6 Å². The smallest absolute Gasteiger partial charge is 0.280 e. The molecule has 0 saturated carbocycles. The maximum absolute atomic E-state index is 12.1. The van der Waals surface area contributed by atoms with Crippen molar-refractivity contribution in [3.05, 3.63) is 75.8 Å². The van der Waals surface area contributed by atoms with Crippen molar-refractivity contribution < 1.29 is 9.72 Å². The summed E-state index contributed by atoms with van der Waals surface area (Å²) in [4.78, 5) is 22.3. The second-order valence-electron chi connectivity index (χ2n) is 3.47. The van der Waals surface area contributed by atoms with Crippen molar-refractivity contribution in [3.8, 4) is 6.57 Å². The zero-order chi connectivity index (χ0) is 14.3. The van der Waals surface area contributed by atoms with Gasteiger partial charge in [0.1, 0.15) is 5.56 Å². The first-order chi connectivity index (χ1) is 9.20. The molecule has 0 spiro atoms. The van der Waals surface area contributed by atoms with Gasteiger partial charge in [0.05, 0.1) is 4.92 Å². The van der Waals surface area contributed by atoms with Gasteiger partial charge in [-0.15, -0.1) is 0 Å². The lowest BCUT2D eigenvalue weighted by molar-refractivity contribution is -0.385. The number of rotatable bonds is 3. The topological polar surface area (TPSA) is 84.0 Å². The van der Waals surface area contributed by atoms with E-state index in [9.17, 15) is 14.9 Å². The number of carbonyl (C=O) groups excluding carboxylic acids is 1. The quantitative estimate of drug-likeness (QED) is 0.478. The van der Waals surface area contributed by atoms with Crippen LogP contribution in [0.2, 0.25) is 0 Å². The predicted octanol–water partition coefficient (Wildman–Crippen LogP) is 2.97. The summed E-state index contributed by atoms with van der Waals surface area (Å²) in [5, 5.41) is 17.3. The zero-order valence-electron chi connectivity index (χ0n) is 9.89. The van der Waals surface area contributed by atoms with Crippen LogP contribution in [0.1, 0.15) is 15.9 Å². The molecule has 0 aliphatic carbocycles. The molecule has 5 nitrogen and oxygen atoms in total. The van der Waals surface area contributed by atoms with Gasteiger partial charge in [-0.1, -0.05) is 42.5 Å². The SMILES string of the molecule is C#N.O=C(c1ccccc1)c1ccccc1[N+](=O)[O-]. The molecule has 2 aromatic rings. The van der Waals surface area contributed by atoms with E-state index in [2.05, 4.69) is 6.57 Å². The van der Waals surface area contributed by atoms with Gasteiger partial charge >= 0.3 is 0 Å². The van der Waals surface area contributed by atoms with Crippen LogP contribution in [0.3, 0.4) is 0 Å². The fraction of sp³-hybridized carbons (Fsp3) is 0. The summed E-state index contributed by atoms with van der Waals surface area (Å²) in [6.07, 6.45) is 0. The van der Waals surface area contributed by atoms with Gasteiger partial charge < -0.3 is 0 Å². The van der Waals surface area contributed by atoms with Crippen LogP contribution in [0.4, 0.5) is 5.69 Å². The molecule has 19 heavy (non-hydrogen) atoms. The molecule has 0 aliphatic rings. The zero-order valence-corrected chi connectivity index (χ0v) is 9.89. The van der Waals surface area contributed by atoms with Crippen LogP contribution < -0.4 is 0 Å². The first-order valence-electron chi connectivity index (χ1n) is 5.29. The molecule has 5 heteroatoms. The maximum Gasteiger partial charge on any atom is 0.280 e. The highest BCUT2D eigenvalue weighted by molar-refractivity contribution is 6.11. The second kappa shape index (κ2) is 6.67. The number of ketones is 1. The third-order valence-corrected chi connectivity index (χ3v) is 2.38. The molecule has 0 fully saturated rings. The Kier molecular flexibility index (Phi) is 4.93. The van der Waals surface area contributed by atoms with Gasteiger partial charge in [0.2, 0.25) is 0 Å². The standard InChI is InChI=1S/C13H9NO3.CHN/c15-13(10-6-2-1-3-7-10)11-8-4-5-9-12(11)14(16)17;1-2/h1-9H;1H. The third-order valence-electron chi connectivity index (χ3n) is 2.38. The van der Waals surface area contributed by atoms with E-state index in [-0.39, 0.29) is 17.0 Å². The van der Waals surface area contributed by atoms with E-state index in [4.69, 9.17) is 5.26 Å². The molecule has 0 N–H and O–H groups in total. The Bertz CT molecular complexity index is 606. The Morgan fingerprint density at radius 1 is 1.00 bits per heavy atom. The number of hydrogen-bond donors (Lipinski definition) is 0. The highest BCUT2D eigenvalue weighted by Crippen LogP contribution is 2.20. The van der Waals surface area contributed by atoms with E-state index in [1.54, 1.807) is 42.5 Å². The third kappa shape index (κ3) is 3.23. The Labute approximate surface area is 109 Å². The number of nitriles is 1. The number of nitro benzene ring substituents is 1. The molecular formula is C14H10N2O3. The van der Waals surface area contributed by atoms with Gasteiger partial charge in [-0.25, -0.2) is 5.26 Å². The predicted molar refractivity (Wildman–Crippen MR) is 69.6 cm³/mol. The number of nitro groups is 1. The molecule has 0 atom stereocenters. The summed E-state index contributed by atoms with van der Waals surface area (Å²) in [5.74, 6) is -0.335. The molecule has 0 unspecified atom stereocenters. The summed E-state index contributed by atoms with van der Waals surface area (Å²) in [6, 6.07) is 14.5. The van der Waals surface area contributed by atoms with E-state index in [1.807, 2.05) is 0 Å². The summed E-state index contributed by atoms with van der Waals surface area (Å²) < 4.78 is 0. The van der Waals surface area contributed by atoms with Crippen LogP contribution in [0, 0.1) is 21.9 Å². The summed E-state index contributed by atoms with van der Waals surface area (Å²) in [7, 11) is 0. The van der Waals surface area contributed by atoms with Gasteiger partial charge in [0.15, 0.2) is 5.78 Å². The van der Waals surface area contributed by atoms with E-state index in [0.717, 1.165) is 0 Å². The van der Waals surface area contributed by atoms with E-state index in [0.29, 0.717) is 5.56 Å². The van der Waals surface area contributed by atoms with Crippen molar-refractivity contribution in [2.75, 3.05) is 0 Å². The van der Waals surface area contributed by atoms with Gasteiger partial charge in [0.25, 0.3) is 5.69 Å². The van der Waals surface area contributed by atoms with Crippen LogP contribution >= 0.6 is 0 Å². The van der Waals surface area contributed by atoms with Crippen LogP contribution in [-0.4, -0.2) is 10.7 Å². The van der Waals surface area contributed by atoms with Crippen molar-refractivity contribution in [2.24, 2.45) is 0 Å². The van der Waals surface area contributed by atoms with E-state index < -0.39 is 4.92 Å². The highest BCUT2D eigenvalue weighted by Gasteiger charge is 2.19. The monoisotopic (exact) mass is 254 g/mol. The Morgan fingerprint density at radius 3 is 2.11 bits per heavy atom. The number of para-hydroxylation sites is 1. The lowest BCUT2D eigenvalue weighted by Gasteiger charge is -2.01. The summed E-state index contributed by atoms with van der Waals surface area (Å²) in [5.41, 5.74) is 0.395. The van der Waals surface area contributed by atoms with Gasteiger partial charge in [-0.2, -0.15) is 0 Å². The van der Waals surface area contributed by atoms with Gasteiger partial charge in [-0.3, -0.25) is 14.9 Å². The minimum Gasteiger partial charge on any atom is -0.288 e. The first-order valence-corrected chi connectivity index (χ1v) is 5.29. The number of nitrogens with zero attached hydrogens (tertiary/aromatic N) is 2. The average Bonchev–Trinajstić information content (AvgIpc) is 2.49. The molecule has 0 amide bonds. The molecule has 0 saturated heterocycles. The van der Waals surface area contributed by atoms with Crippen molar-refractivity contribution in [3.63, 3.8) is 0 Å². The molecule has 94 valence electrons. The first kappa shape index (κ1) is 14.1. The van der Waals surface area contributed by atoms with Crippen LogP contribution in [-0.2, 0) is 0 Å². The minimum atomic E-state index is -0.545. The van der Waals surface area contributed by atoms with E-state index in [1.165, 1.54) is 12.1 Å². The fourth-order valence-electron chi connectivity index (χ4n) is 1.57. The second-order valence-corrected chi connectivity index (χ2v) is 3.47. The molecule has 0 bridgehead atoms. The van der Waals surface area contributed by atoms with Crippen molar-refractivity contribution in [2.45, 2.75) is 0 Å². The molecule has 2 aromatic carbocycles. The van der Waals surface area contributed by atoms with Crippen molar-refractivity contribution in [1.29, 1.82) is 5.26 Å². The average molecular weight is 254 g/mol. The Morgan fingerprint density at radius 2 is 1.53 bits per heavy atom. The summed E-state index contributed by atoms with van der Waals surface area (Å²) in [6.45, 7) is 3.50. The van der Waals surface area contributed by atoms with Gasteiger partial charge in [-0.05, 0) is 6.07 Å². The Hall–Kier alpha value is -3.00. The highest BCUT2D eigenvalue weighted by atomic mass is 16.6. The fourth-order valence-corrected chi connectivity index (χ4v) is 1.57. The normalized spacial score (nSPS) is 8.95. The number of benzene rings is 2. The lowest BCUT2D eigenvalue weighted by Crippen LogP contribution is -2.04. The molecule has 0 heterocycles. The molecular weight excluding hydrogens is 244 g/mol. The van der Waals surface area contributed by atoms with Crippen LogP contribution in [0.25, 0.3) is 0 Å². The largest absolute Gasteiger partial charge is 0.288 e. The summed E-state index contributed by atoms with van der Waals surface area (Å²) >= 11 is 0. The Balaban J connectivity index is 0.000000861. The number of carbonyl (C=O) groups is 1. The molecule has 0 aliphatic heterocycles. The van der Waals surface area contributed by atoms with Crippen molar-refractivity contribution >= 4 is 11.5 Å². The van der Waals surface area contributed by atoms with Gasteiger partial charge in [0, 0.05) is 18.2 Å². The van der Waals surface area contributed by atoms with Crippen LogP contribution in [0.5, 0.6) is 0 Å². The molecule has 0 radical (unpaired) electrons. The molecule has 0 aromatic heterocycles. The maximum atomic E-state index is 12.1. The molecule has 2 rings (SSSR count). The lowest BCUT2D eigenvalue weighted by atomic mass is 10.0. The minimum absolute atomic E-state index is 0.115. The van der Waals surface area contributed by atoms with Crippen molar-refractivity contribution in [1.82, 2.24) is 0 Å². The van der Waals surface area contributed by atoms with E-state index >= 15 is 0 Å². The number of hydrogen-bond acceptors (Lipinski definition) is 4.